The van der Waals surface area contributed by atoms with E-state index in [-0.39, 0.29) is 10.9 Å². The normalized spacial score (nSPS) is 13.4. The van der Waals surface area contributed by atoms with Crippen molar-refractivity contribution in [3.05, 3.63) is 106 Å². The van der Waals surface area contributed by atoms with Crippen LogP contribution in [0.3, 0.4) is 0 Å². The highest BCUT2D eigenvalue weighted by Gasteiger charge is 2.30. The van der Waals surface area contributed by atoms with Gasteiger partial charge in [0, 0.05) is 13.1 Å². The molecule has 0 saturated heterocycles. The maximum Gasteiger partial charge on any atom is 0.416 e. The van der Waals surface area contributed by atoms with Crippen molar-refractivity contribution >= 4 is 17.5 Å². The molecular formula is C25H23ClF4N2O. The van der Waals surface area contributed by atoms with Crippen molar-refractivity contribution in [1.82, 2.24) is 10.6 Å². The minimum absolute atomic E-state index is 0.0509. The summed E-state index contributed by atoms with van der Waals surface area (Å²) in [5.74, 6) is -0.818. The van der Waals surface area contributed by atoms with Gasteiger partial charge in [-0.2, -0.15) is 13.2 Å². The highest BCUT2D eigenvalue weighted by Crippen LogP contribution is 2.31. The Morgan fingerprint density at radius 1 is 0.970 bits per heavy atom. The second kappa shape index (κ2) is 10.8. The van der Waals surface area contributed by atoms with Gasteiger partial charge >= 0.3 is 6.18 Å². The maximum atomic E-state index is 13.7. The van der Waals surface area contributed by atoms with Crippen molar-refractivity contribution in [1.29, 1.82) is 0 Å². The summed E-state index contributed by atoms with van der Waals surface area (Å²) in [6.45, 7) is 0. The van der Waals surface area contributed by atoms with Gasteiger partial charge in [-0.05, 0) is 53.8 Å². The average molecular weight is 479 g/mol. The van der Waals surface area contributed by atoms with Gasteiger partial charge in [-0.25, -0.2) is 4.39 Å². The van der Waals surface area contributed by atoms with Crippen LogP contribution in [0, 0.1) is 5.82 Å². The highest BCUT2D eigenvalue weighted by atomic mass is 35.5. The fraction of sp³-hybridized carbons (Fsp3) is 0.240. The summed E-state index contributed by atoms with van der Waals surface area (Å²) >= 11 is 5.99. The summed E-state index contributed by atoms with van der Waals surface area (Å²) in [4.78, 5) is 12.6. The van der Waals surface area contributed by atoms with E-state index in [4.69, 9.17) is 11.6 Å². The van der Waals surface area contributed by atoms with Gasteiger partial charge in [0.1, 0.15) is 11.9 Å². The van der Waals surface area contributed by atoms with Crippen LogP contribution in [0.1, 0.15) is 40.8 Å². The SMILES string of the molecule is CNC(=O)C(N[C@H](CCc1ccc(C(F)(F)F)cc1)c1ccc(F)c(Cl)c1)c1ccccc1. The molecule has 0 aliphatic heterocycles. The van der Waals surface area contributed by atoms with Crippen molar-refractivity contribution in [3.63, 3.8) is 0 Å². The van der Waals surface area contributed by atoms with Crippen molar-refractivity contribution in [2.24, 2.45) is 0 Å². The van der Waals surface area contributed by atoms with Crippen molar-refractivity contribution in [2.75, 3.05) is 7.05 Å². The number of aryl methyl sites for hydroxylation is 1. The molecule has 0 aliphatic carbocycles. The number of amides is 1. The Labute approximate surface area is 194 Å². The Bertz CT molecular complexity index is 1070. The molecule has 0 heterocycles. The third kappa shape index (κ3) is 6.55. The van der Waals surface area contributed by atoms with Gasteiger partial charge < -0.3 is 5.32 Å². The largest absolute Gasteiger partial charge is 0.416 e. The molecule has 0 saturated carbocycles. The molecule has 0 bridgehead atoms. The van der Waals surface area contributed by atoms with Gasteiger partial charge in [0.25, 0.3) is 0 Å². The Kier molecular flexibility index (Phi) is 8.10. The first-order valence-electron chi connectivity index (χ1n) is 10.3. The number of carbonyl (C=O) groups excluding carboxylic acids is 1. The smallest absolute Gasteiger partial charge is 0.358 e. The lowest BCUT2D eigenvalue weighted by Gasteiger charge is -2.26. The summed E-state index contributed by atoms with van der Waals surface area (Å²) in [5.41, 5.74) is 1.40. The molecule has 0 radical (unpaired) electrons. The number of nitrogens with one attached hydrogen (secondary N) is 2. The first-order valence-corrected chi connectivity index (χ1v) is 10.7. The maximum absolute atomic E-state index is 13.7. The topological polar surface area (TPSA) is 41.1 Å². The molecule has 2 N–H and O–H groups in total. The van der Waals surface area contributed by atoms with E-state index in [0.29, 0.717) is 24.0 Å². The van der Waals surface area contributed by atoms with Crippen LogP contribution in [0.25, 0.3) is 0 Å². The molecule has 3 nitrogen and oxygen atoms in total. The summed E-state index contributed by atoms with van der Waals surface area (Å²) in [5, 5.41) is 5.91. The lowest BCUT2D eigenvalue weighted by molar-refractivity contribution is -0.137. The Morgan fingerprint density at radius 2 is 1.64 bits per heavy atom. The molecular weight excluding hydrogens is 456 g/mol. The number of likely N-dealkylation sites (N-methyl/N-ethyl adjacent to an activating group) is 1. The lowest BCUT2D eigenvalue weighted by Crippen LogP contribution is -2.38. The molecule has 1 amide bonds. The van der Waals surface area contributed by atoms with Crippen LogP contribution < -0.4 is 10.6 Å². The number of benzene rings is 3. The molecule has 33 heavy (non-hydrogen) atoms. The number of alkyl halides is 3. The second-order valence-electron chi connectivity index (χ2n) is 7.58. The molecule has 8 heteroatoms. The summed E-state index contributed by atoms with van der Waals surface area (Å²) in [6, 6.07) is 17.3. The molecule has 0 aliphatic rings. The monoisotopic (exact) mass is 478 g/mol. The Hall–Kier alpha value is -2.90. The molecule has 3 aromatic carbocycles. The van der Waals surface area contributed by atoms with Crippen LogP contribution in [-0.4, -0.2) is 13.0 Å². The van der Waals surface area contributed by atoms with E-state index < -0.39 is 29.6 Å². The number of hydrogen-bond acceptors (Lipinski definition) is 2. The van der Waals surface area contributed by atoms with E-state index in [1.54, 1.807) is 6.07 Å². The van der Waals surface area contributed by atoms with E-state index in [2.05, 4.69) is 10.6 Å². The van der Waals surface area contributed by atoms with Crippen LogP contribution in [0.2, 0.25) is 5.02 Å². The molecule has 0 fully saturated rings. The molecule has 3 aromatic rings. The summed E-state index contributed by atoms with van der Waals surface area (Å²) < 4.78 is 52.3. The van der Waals surface area contributed by atoms with Gasteiger partial charge in [-0.1, -0.05) is 60.1 Å². The quantitative estimate of drug-likeness (QED) is 0.376. The minimum atomic E-state index is -4.40. The van der Waals surface area contributed by atoms with Gasteiger partial charge in [0.15, 0.2) is 0 Å². The molecule has 1 unspecified atom stereocenters. The Morgan fingerprint density at radius 3 is 2.21 bits per heavy atom. The predicted molar refractivity (Wildman–Crippen MR) is 120 cm³/mol. The average Bonchev–Trinajstić information content (AvgIpc) is 2.81. The van der Waals surface area contributed by atoms with Crippen molar-refractivity contribution in [3.8, 4) is 0 Å². The minimum Gasteiger partial charge on any atom is -0.358 e. The molecule has 174 valence electrons. The number of hydrogen-bond donors (Lipinski definition) is 2. The highest BCUT2D eigenvalue weighted by molar-refractivity contribution is 6.30. The van der Waals surface area contributed by atoms with Gasteiger partial charge in [-0.3, -0.25) is 10.1 Å². The van der Waals surface area contributed by atoms with Crippen LogP contribution in [0.5, 0.6) is 0 Å². The standard InChI is InChI=1S/C25H23ClF4N2O/c1-31-24(33)23(17-5-3-2-4-6-17)32-22(18-10-13-21(27)20(26)15-18)14-9-16-7-11-19(12-8-16)25(28,29)30/h2-8,10-13,15,22-23,32H,9,14H2,1H3,(H,31,33)/t22-,23?/m1/s1. The van der Waals surface area contributed by atoms with E-state index in [0.717, 1.165) is 17.7 Å². The van der Waals surface area contributed by atoms with Gasteiger partial charge in [0.2, 0.25) is 5.91 Å². The van der Waals surface area contributed by atoms with Crippen LogP contribution in [-0.2, 0) is 17.4 Å². The Balaban J connectivity index is 1.87. The second-order valence-corrected chi connectivity index (χ2v) is 7.99. The van der Waals surface area contributed by atoms with Crippen molar-refractivity contribution < 1.29 is 22.4 Å². The van der Waals surface area contributed by atoms with Gasteiger partial charge in [0.05, 0.1) is 10.6 Å². The first kappa shape index (κ1) is 24.7. The molecule has 0 aromatic heterocycles. The number of carbonyl (C=O) groups is 1. The third-order valence-electron chi connectivity index (χ3n) is 5.36. The molecule has 3 rings (SSSR count). The molecule has 0 spiro atoms. The zero-order chi connectivity index (χ0) is 24.0. The summed E-state index contributed by atoms with van der Waals surface area (Å²) in [6.07, 6.45) is -3.53. The third-order valence-corrected chi connectivity index (χ3v) is 5.65. The van der Waals surface area contributed by atoms with E-state index in [1.807, 2.05) is 30.3 Å². The lowest BCUT2D eigenvalue weighted by atomic mass is 9.96. The molecule has 2 atom stereocenters. The number of rotatable bonds is 8. The summed E-state index contributed by atoms with van der Waals surface area (Å²) in [7, 11) is 1.53. The van der Waals surface area contributed by atoms with E-state index >= 15 is 0 Å². The van der Waals surface area contributed by atoms with Crippen LogP contribution in [0.4, 0.5) is 17.6 Å². The van der Waals surface area contributed by atoms with Gasteiger partial charge in [-0.15, -0.1) is 0 Å². The fourth-order valence-electron chi connectivity index (χ4n) is 3.56. The predicted octanol–water partition coefficient (Wildman–Crippen LogP) is 6.25. The number of halogens is 5. The van der Waals surface area contributed by atoms with Crippen molar-refractivity contribution in [2.45, 2.75) is 31.1 Å². The zero-order valence-corrected chi connectivity index (χ0v) is 18.6. The fourth-order valence-corrected chi connectivity index (χ4v) is 3.75. The first-order chi connectivity index (χ1) is 15.7. The van der Waals surface area contributed by atoms with Crippen LogP contribution in [0.15, 0.2) is 72.8 Å². The van der Waals surface area contributed by atoms with E-state index in [1.165, 1.54) is 31.3 Å². The van der Waals surface area contributed by atoms with E-state index in [9.17, 15) is 22.4 Å². The van der Waals surface area contributed by atoms with Crippen LogP contribution >= 0.6 is 11.6 Å². The zero-order valence-electron chi connectivity index (χ0n) is 17.8.